The Hall–Kier alpha value is -1.71. The highest BCUT2D eigenvalue weighted by Gasteiger charge is 2.18. The van der Waals surface area contributed by atoms with Gasteiger partial charge in [-0.25, -0.2) is 4.39 Å². The van der Waals surface area contributed by atoms with E-state index in [0.29, 0.717) is 5.56 Å². The lowest BCUT2D eigenvalue weighted by atomic mass is 10.0. The van der Waals surface area contributed by atoms with E-state index in [4.69, 9.17) is 10.5 Å². The lowest BCUT2D eigenvalue weighted by Crippen LogP contribution is -2.28. The molecule has 2 rings (SSSR count). The Kier molecular flexibility index (Phi) is 5.27. The van der Waals surface area contributed by atoms with E-state index in [9.17, 15) is 4.39 Å². The Balaban J connectivity index is 2.01. The van der Waals surface area contributed by atoms with E-state index in [-0.39, 0.29) is 24.6 Å². The molecule has 0 aromatic heterocycles. The molecule has 0 radical (unpaired) electrons. The first-order chi connectivity index (χ1) is 9.72. The number of benzene rings is 2. The van der Waals surface area contributed by atoms with Crippen LogP contribution in [0.5, 0.6) is 0 Å². The molecule has 2 nitrogen and oxygen atoms in total. The molecule has 2 N–H and O–H groups in total. The molecule has 0 saturated carbocycles. The third kappa shape index (κ3) is 3.65. The van der Waals surface area contributed by atoms with Gasteiger partial charge in [-0.3, -0.25) is 0 Å². The van der Waals surface area contributed by atoms with Gasteiger partial charge in [0, 0.05) is 5.56 Å². The van der Waals surface area contributed by atoms with E-state index >= 15 is 0 Å². The molecule has 0 spiro atoms. The van der Waals surface area contributed by atoms with Crippen LogP contribution in [0.15, 0.2) is 54.6 Å². The van der Waals surface area contributed by atoms with Crippen molar-refractivity contribution < 1.29 is 9.13 Å². The van der Waals surface area contributed by atoms with Crippen LogP contribution in [0.4, 0.5) is 4.39 Å². The molecule has 0 fully saturated rings. The molecule has 2 atom stereocenters. The molecule has 3 heteroatoms. The summed E-state index contributed by atoms with van der Waals surface area (Å²) in [5.41, 5.74) is 7.83. The molecule has 0 aliphatic heterocycles. The van der Waals surface area contributed by atoms with Gasteiger partial charge < -0.3 is 10.5 Å². The van der Waals surface area contributed by atoms with Crippen LogP contribution < -0.4 is 5.73 Å². The van der Waals surface area contributed by atoms with E-state index in [2.05, 4.69) is 0 Å². The largest absolute Gasteiger partial charge is 0.371 e. The monoisotopic (exact) mass is 273 g/mol. The minimum Gasteiger partial charge on any atom is -0.371 e. The second-order valence-corrected chi connectivity index (χ2v) is 4.79. The summed E-state index contributed by atoms with van der Waals surface area (Å²) in [6.07, 6.45) is 0.654. The highest BCUT2D eigenvalue weighted by molar-refractivity contribution is 5.20. The van der Waals surface area contributed by atoms with Gasteiger partial charge in [0.25, 0.3) is 0 Å². The molecule has 2 unspecified atom stereocenters. The topological polar surface area (TPSA) is 35.2 Å². The minimum absolute atomic E-state index is 0.128. The van der Waals surface area contributed by atoms with Gasteiger partial charge in [0.2, 0.25) is 0 Å². The van der Waals surface area contributed by atoms with Crippen LogP contribution in [0.3, 0.4) is 0 Å². The number of nitrogens with two attached hydrogens (primary N) is 1. The van der Waals surface area contributed by atoms with Crippen LogP contribution in [0.25, 0.3) is 0 Å². The summed E-state index contributed by atoms with van der Waals surface area (Å²) in [6, 6.07) is 16.3. The summed E-state index contributed by atoms with van der Waals surface area (Å²) in [6.45, 7) is 2.26. The summed E-state index contributed by atoms with van der Waals surface area (Å²) in [7, 11) is 0. The molecular weight excluding hydrogens is 253 g/mol. The number of rotatable bonds is 6. The molecule has 0 aliphatic carbocycles. The van der Waals surface area contributed by atoms with Crippen molar-refractivity contribution >= 4 is 0 Å². The van der Waals surface area contributed by atoms with Crippen molar-refractivity contribution in [2.24, 2.45) is 5.73 Å². The fraction of sp³-hybridized carbons (Fsp3) is 0.294. The second kappa shape index (κ2) is 7.17. The van der Waals surface area contributed by atoms with Gasteiger partial charge in [-0.2, -0.15) is 0 Å². The Morgan fingerprint density at radius 1 is 1.05 bits per heavy atom. The summed E-state index contributed by atoms with van der Waals surface area (Å²) in [5, 5.41) is 0. The van der Waals surface area contributed by atoms with Crippen molar-refractivity contribution in [2.45, 2.75) is 32.1 Å². The van der Waals surface area contributed by atoms with E-state index in [1.54, 1.807) is 18.2 Å². The maximum atomic E-state index is 13.6. The van der Waals surface area contributed by atoms with Crippen LogP contribution in [0, 0.1) is 5.82 Å². The van der Waals surface area contributed by atoms with Crippen molar-refractivity contribution in [3.05, 3.63) is 71.5 Å². The molecule has 0 heterocycles. The van der Waals surface area contributed by atoms with Gasteiger partial charge in [0.15, 0.2) is 0 Å². The third-order valence-corrected chi connectivity index (χ3v) is 3.40. The first-order valence-corrected chi connectivity index (χ1v) is 6.88. The molecule has 0 amide bonds. The molecule has 2 aromatic rings. The highest BCUT2D eigenvalue weighted by atomic mass is 19.1. The molecule has 0 aliphatic rings. The van der Waals surface area contributed by atoms with Gasteiger partial charge in [-0.15, -0.1) is 0 Å². The van der Waals surface area contributed by atoms with Crippen molar-refractivity contribution in [1.82, 2.24) is 0 Å². The second-order valence-electron chi connectivity index (χ2n) is 4.79. The molecule has 20 heavy (non-hydrogen) atoms. The summed E-state index contributed by atoms with van der Waals surface area (Å²) in [5.74, 6) is -0.240. The highest BCUT2D eigenvalue weighted by Crippen LogP contribution is 2.20. The van der Waals surface area contributed by atoms with Gasteiger partial charge >= 0.3 is 0 Å². The average molecular weight is 273 g/mol. The van der Waals surface area contributed by atoms with Crippen molar-refractivity contribution in [3.8, 4) is 0 Å². The van der Waals surface area contributed by atoms with Crippen LogP contribution >= 0.6 is 0 Å². The smallest absolute Gasteiger partial charge is 0.128 e. The van der Waals surface area contributed by atoms with E-state index in [1.165, 1.54) is 6.07 Å². The third-order valence-electron chi connectivity index (χ3n) is 3.40. The van der Waals surface area contributed by atoms with Crippen molar-refractivity contribution in [3.63, 3.8) is 0 Å². The van der Waals surface area contributed by atoms with Crippen LogP contribution in [0.2, 0.25) is 0 Å². The Morgan fingerprint density at radius 2 is 1.70 bits per heavy atom. The molecule has 2 aromatic carbocycles. The SMILES string of the molecule is CCC(OCc1ccccc1F)C(N)c1ccccc1. The normalized spacial score (nSPS) is 13.9. The first-order valence-electron chi connectivity index (χ1n) is 6.88. The molecule has 0 bridgehead atoms. The van der Waals surface area contributed by atoms with Crippen LogP contribution in [0.1, 0.15) is 30.5 Å². The molecular formula is C17H20FNO. The molecule has 0 saturated heterocycles. The van der Waals surface area contributed by atoms with Crippen LogP contribution in [-0.2, 0) is 11.3 Å². The predicted molar refractivity (Wildman–Crippen MR) is 78.6 cm³/mol. The maximum absolute atomic E-state index is 13.6. The van der Waals surface area contributed by atoms with E-state index in [0.717, 1.165) is 12.0 Å². The summed E-state index contributed by atoms with van der Waals surface area (Å²) >= 11 is 0. The Labute approximate surface area is 119 Å². The van der Waals surface area contributed by atoms with Gasteiger partial charge in [0.1, 0.15) is 5.82 Å². The van der Waals surface area contributed by atoms with Crippen molar-refractivity contribution in [2.75, 3.05) is 0 Å². The quantitative estimate of drug-likeness (QED) is 0.868. The predicted octanol–water partition coefficient (Wildman–Crippen LogP) is 3.82. The lowest BCUT2D eigenvalue weighted by molar-refractivity contribution is 0.0193. The van der Waals surface area contributed by atoms with Gasteiger partial charge in [-0.1, -0.05) is 55.5 Å². The Bertz CT molecular complexity index is 530. The van der Waals surface area contributed by atoms with Gasteiger partial charge in [-0.05, 0) is 18.1 Å². The zero-order valence-corrected chi connectivity index (χ0v) is 11.6. The summed E-state index contributed by atoms with van der Waals surface area (Å²) in [4.78, 5) is 0. The van der Waals surface area contributed by atoms with E-state index < -0.39 is 0 Å². The molecule has 106 valence electrons. The minimum atomic E-state index is -0.240. The average Bonchev–Trinajstić information content (AvgIpc) is 2.50. The maximum Gasteiger partial charge on any atom is 0.128 e. The van der Waals surface area contributed by atoms with Crippen LogP contribution in [-0.4, -0.2) is 6.10 Å². The summed E-state index contributed by atoms with van der Waals surface area (Å²) < 4.78 is 19.4. The standard InChI is InChI=1S/C17H20FNO/c1-2-16(17(19)13-8-4-3-5-9-13)20-12-14-10-6-7-11-15(14)18/h3-11,16-17H,2,12,19H2,1H3. The van der Waals surface area contributed by atoms with Gasteiger partial charge in [0.05, 0.1) is 18.8 Å². The number of halogens is 1. The number of hydrogen-bond acceptors (Lipinski definition) is 2. The first kappa shape index (κ1) is 14.7. The Morgan fingerprint density at radius 3 is 2.35 bits per heavy atom. The van der Waals surface area contributed by atoms with Crippen molar-refractivity contribution in [1.29, 1.82) is 0 Å². The number of hydrogen-bond donors (Lipinski definition) is 1. The number of ether oxygens (including phenoxy) is 1. The van der Waals surface area contributed by atoms with E-state index in [1.807, 2.05) is 37.3 Å². The fourth-order valence-electron chi connectivity index (χ4n) is 2.18. The lowest BCUT2D eigenvalue weighted by Gasteiger charge is -2.23. The fourth-order valence-corrected chi connectivity index (χ4v) is 2.18. The zero-order chi connectivity index (χ0) is 14.4. The zero-order valence-electron chi connectivity index (χ0n) is 11.6.